The van der Waals surface area contributed by atoms with Crippen molar-refractivity contribution in [3.8, 4) is 0 Å². The van der Waals surface area contributed by atoms with Gasteiger partial charge in [0.15, 0.2) is 0 Å². The third-order valence-corrected chi connectivity index (χ3v) is 5.95. The predicted molar refractivity (Wildman–Crippen MR) is 66.3 cm³/mol. The van der Waals surface area contributed by atoms with Crippen LogP contribution in [-0.2, 0) is 9.84 Å². The van der Waals surface area contributed by atoms with Gasteiger partial charge in [-0.3, -0.25) is 0 Å². The normalized spacial score (nSPS) is 35.3. The van der Waals surface area contributed by atoms with Crippen molar-refractivity contribution in [2.45, 2.75) is 51.0 Å². The quantitative estimate of drug-likeness (QED) is 0.823. The first-order valence-electron chi connectivity index (χ1n) is 6.45. The first-order valence-corrected chi connectivity index (χ1v) is 8.27. The van der Waals surface area contributed by atoms with Gasteiger partial charge in [0.2, 0.25) is 0 Å². The molecule has 0 aromatic rings. The van der Waals surface area contributed by atoms with E-state index in [1.165, 1.54) is 25.7 Å². The lowest BCUT2D eigenvalue weighted by atomic mass is 9.87. The van der Waals surface area contributed by atoms with Crippen LogP contribution >= 0.6 is 0 Å². The van der Waals surface area contributed by atoms with Crippen LogP contribution in [0.1, 0.15) is 45.4 Å². The van der Waals surface area contributed by atoms with Gasteiger partial charge in [-0.1, -0.05) is 0 Å². The van der Waals surface area contributed by atoms with Crippen LogP contribution < -0.4 is 5.32 Å². The molecular weight excluding hydrogens is 222 g/mol. The van der Waals surface area contributed by atoms with E-state index in [9.17, 15) is 8.42 Å². The zero-order valence-electron chi connectivity index (χ0n) is 10.2. The molecule has 0 saturated carbocycles. The van der Waals surface area contributed by atoms with Crippen LogP contribution in [-0.4, -0.2) is 32.0 Å². The average molecular weight is 245 g/mol. The molecule has 2 aliphatic heterocycles. The second-order valence-electron chi connectivity index (χ2n) is 5.72. The monoisotopic (exact) mass is 245 g/mol. The molecule has 1 unspecified atom stereocenters. The third-order valence-electron chi connectivity index (χ3n) is 4.24. The van der Waals surface area contributed by atoms with Crippen molar-refractivity contribution in [2.75, 3.05) is 18.1 Å². The van der Waals surface area contributed by atoms with Gasteiger partial charge in [0.25, 0.3) is 0 Å². The van der Waals surface area contributed by atoms with Crippen LogP contribution in [0.5, 0.6) is 0 Å². The predicted octanol–water partition coefficient (Wildman–Crippen LogP) is 1.73. The van der Waals surface area contributed by atoms with Gasteiger partial charge in [-0.15, -0.1) is 0 Å². The fourth-order valence-corrected chi connectivity index (χ4v) is 4.51. The van der Waals surface area contributed by atoms with Crippen LogP contribution in [0, 0.1) is 5.92 Å². The summed E-state index contributed by atoms with van der Waals surface area (Å²) in [5, 5.41) is 3.57. The van der Waals surface area contributed by atoms with Crippen molar-refractivity contribution in [3.05, 3.63) is 0 Å². The number of hydrogen-bond donors (Lipinski definition) is 1. The van der Waals surface area contributed by atoms with Crippen LogP contribution in [0.15, 0.2) is 0 Å². The molecule has 0 amide bonds. The molecule has 0 bridgehead atoms. The molecule has 2 fully saturated rings. The van der Waals surface area contributed by atoms with Crippen LogP contribution in [0.25, 0.3) is 0 Å². The van der Waals surface area contributed by atoms with Gasteiger partial charge in [0, 0.05) is 5.54 Å². The summed E-state index contributed by atoms with van der Waals surface area (Å²) in [5.41, 5.74) is 0.330. The SMILES string of the molecule is CC1(CCC2CCS(=O)(=O)CC2)CCCN1. The van der Waals surface area contributed by atoms with Gasteiger partial charge in [0.1, 0.15) is 9.84 Å². The molecular formula is C12H23NO2S. The minimum atomic E-state index is -2.68. The summed E-state index contributed by atoms with van der Waals surface area (Å²) >= 11 is 0. The minimum absolute atomic E-state index is 0.330. The molecule has 16 heavy (non-hydrogen) atoms. The van der Waals surface area contributed by atoms with E-state index in [1.54, 1.807) is 0 Å². The van der Waals surface area contributed by atoms with Gasteiger partial charge in [-0.25, -0.2) is 8.42 Å². The van der Waals surface area contributed by atoms with Crippen molar-refractivity contribution < 1.29 is 8.42 Å². The average Bonchev–Trinajstić information content (AvgIpc) is 2.64. The van der Waals surface area contributed by atoms with Crippen molar-refractivity contribution in [1.82, 2.24) is 5.32 Å². The fourth-order valence-electron chi connectivity index (χ4n) is 2.92. The topological polar surface area (TPSA) is 46.2 Å². The van der Waals surface area contributed by atoms with E-state index in [-0.39, 0.29) is 0 Å². The highest BCUT2D eigenvalue weighted by molar-refractivity contribution is 7.91. The molecule has 2 heterocycles. The van der Waals surface area contributed by atoms with E-state index in [1.807, 2.05) is 0 Å². The Kier molecular flexibility index (Phi) is 3.59. The molecule has 1 N–H and O–H groups in total. The molecule has 0 radical (unpaired) electrons. The highest BCUT2D eigenvalue weighted by Crippen LogP contribution is 2.30. The summed E-state index contributed by atoms with van der Waals surface area (Å²) in [6, 6.07) is 0. The van der Waals surface area contributed by atoms with Gasteiger partial charge >= 0.3 is 0 Å². The first-order chi connectivity index (χ1) is 7.49. The molecule has 2 saturated heterocycles. The number of hydrogen-bond acceptors (Lipinski definition) is 3. The highest BCUT2D eigenvalue weighted by Gasteiger charge is 2.30. The van der Waals surface area contributed by atoms with E-state index >= 15 is 0 Å². The third kappa shape index (κ3) is 3.20. The Morgan fingerprint density at radius 1 is 1.31 bits per heavy atom. The van der Waals surface area contributed by atoms with Crippen molar-refractivity contribution >= 4 is 9.84 Å². The molecule has 1 atom stereocenters. The Bertz CT molecular complexity index is 317. The molecule has 4 heteroatoms. The fraction of sp³-hybridized carbons (Fsp3) is 1.00. The van der Waals surface area contributed by atoms with Crippen molar-refractivity contribution in [3.63, 3.8) is 0 Å². The Morgan fingerprint density at radius 3 is 2.56 bits per heavy atom. The lowest BCUT2D eigenvalue weighted by Gasteiger charge is -2.28. The largest absolute Gasteiger partial charge is 0.312 e. The van der Waals surface area contributed by atoms with E-state index in [4.69, 9.17) is 0 Å². The molecule has 2 aliphatic rings. The molecule has 0 aromatic heterocycles. The van der Waals surface area contributed by atoms with E-state index in [0.29, 0.717) is 23.0 Å². The van der Waals surface area contributed by atoms with Gasteiger partial charge < -0.3 is 5.32 Å². The van der Waals surface area contributed by atoms with Gasteiger partial charge in [-0.05, 0) is 57.9 Å². The standard InChI is InChI=1S/C12H23NO2S/c1-12(6-2-8-13-12)7-3-11-4-9-16(14,15)10-5-11/h11,13H,2-10H2,1H3. The number of sulfone groups is 1. The van der Waals surface area contributed by atoms with Crippen molar-refractivity contribution in [2.24, 2.45) is 5.92 Å². The van der Waals surface area contributed by atoms with Crippen LogP contribution in [0.4, 0.5) is 0 Å². The molecule has 0 aliphatic carbocycles. The summed E-state index contributed by atoms with van der Waals surface area (Å²) in [6.45, 7) is 3.45. The van der Waals surface area contributed by atoms with E-state index < -0.39 is 9.84 Å². The Labute approximate surface area is 98.9 Å². The summed E-state index contributed by atoms with van der Waals surface area (Å²) < 4.78 is 22.6. The molecule has 2 rings (SSSR count). The summed E-state index contributed by atoms with van der Waals surface area (Å²) in [5.74, 6) is 1.48. The summed E-state index contributed by atoms with van der Waals surface area (Å²) in [6.07, 6.45) is 6.74. The Morgan fingerprint density at radius 2 is 2.00 bits per heavy atom. The van der Waals surface area contributed by atoms with Crippen LogP contribution in [0.3, 0.4) is 0 Å². The maximum atomic E-state index is 11.3. The Balaban J connectivity index is 1.75. The molecule has 0 aromatic carbocycles. The van der Waals surface area contributed by atoms with Gasteiger partial charge in [-0.2, -0.15) is 0 Å². The minimum Gasteiger partial charge on any atom is -0.312 e. The smallest absolute Gasteiger partial charge is 0.150 e. The molecule has 3 nitrogen and oxygen atoms in total. The maximum Gasteiger partial charge on any atom is 0.150 e. The molecule has 0 spiro atoms. The second kappa shape index (κ2) is 4.65. The zero-order valence-corrected chi connectivity index (χ0v) is 11.0. The lowest BCUT2D eigenvalue weighted by molar-refractivity contribution is 0.320. The molecule has 94 valence electrons. The van der Waals surface area contributed by atoms with E-state index in [2.05, 4.69) is 12.2 Å². The van der Waals surface area contributed by atoms with E-state index in [0.717, 1.165) is 19.4 Å². The van der Waals surface area contributed by atoms with Gasteiger partial charge in [0.05, 0.1) is 11.5 Å². The second-order valence-corrected chi connectivity index (χ2v) is 8.03. The highest BCUT2D eigenvalue weighted by atomic mass is 32.2. The number of nitrogens with one attached hydrogen (secondary N) is 1. The zero-order chi connectivity index (χ0) is 11.6. The summed E-state index contributed by atoms with van der Waals surface area (Å²) in [7, 11) is -2.68. The number of rotatable bonds is 3. The lowest BCUT2D eigenvalue weighted by Crippen LogP contribution is -2.37. The van der Waals surface area contributed by atoms with Crippen molar-refractivity contribution in [1.29, 1.82) is 0 Å². The Hall–Kier alpha value is -0.0900. The van der Waals surface area contributed by atoms with Crippen LogP contribution in [0.2, 0.25) is 0 Å². The maximum absolute atomic E-state index is 11.3. The first kappa shape index (κ1) is 12.4. The summed E-state index contributed by atoms with van der Waals surface area (Å²) in [4.78, 5) is 0.